The van der Waals surface area contributed by atoms with Gasteiger partial charge in [0.05, 0.1) is 12.2 Å². The molecule has 3 aromatic rings. The van der Waals surface area contributed by atoms with Crippen LogP contribution in [0.2, 0.25) is 0 Å². The fraction of sp³-hybridized carbons (Fsp3) is 0.391. The first kappa shape index (κ1) is 20.1. The van der Waals surface area contributed by atoms with Crippen LogP contribution in [0.3, 0.4) is 0 Å². The van der Waals surface area contributed by atoms with Crippen LogP contribution in [-0.4, -0.2) is 38.5 Å². The highest BCUT2D eigenvalue weighted by atomic mass is 16.6. The van der Waals surface area contributed by atoms with Crippen molar-refractivity contribution in [2.45, 2.75) is 39.2 Å². The highest BCUT2D eigenvalue weighted by molar-refractivity contribution is 5.89. The minimum atomic E-state index is -0.336. The van der Waals surface area contributed by atoms with Gasteiger partial charge >= 0.3 is 6.09 Å². The Morgan fingerprint density at radius 2 is 1.90 bits per heavy atom. The molecule has 1 fully saturated rings. The topological polar surface area (TPSA) is 73.1 Å². The highest BCUT2D eigenvalue weighted by Gasteiger charge is 2.37. The number of carbonyl (C=O) groups is 1. The first-order valence-electron chi connectivity index (χ1n) is 10.3. The van der Waals surface area contributed by atoms with E-state index >= 15 is 0 Å². The van der Waals surface area contributed by atoms with E-state index < -0.39 is 0 Å². The van der Waals surface area contributed by atoms with Crippen molar-refractivity contribution in [3.05, 3.63) is 60.3 Å². The van der Waals surface area contributed by atoms with Crippen LogP contribution in [0.5, 0.6) is 0 Å². The van der Waals surface area contributed by atoms with Crippen molar-refractivity contribution in [1.82, 2.24) is 19.7 Å². The zero-order valence-electron chi connectivity index (χ0n) is 17.8. The van der Waals surface area contributed by atoms with Gasteiger partial charge < -0.3 is 4.74 Å². The second-order valence-electron chi connectivity index (χ2n) is 8.22. The van der Waals surface area contributed by atoms with E-state index in [4.69, 9.17) is 4.74 Å². The predicted octanol–water partition coefficient (Wildman–Crippen LogP) is 4.20. The van der Waals surface area contributed by atoms with Crippen LogP contribution >= 0.6 is 0 Å². The number of benzene rings is 1. The zero-order valence-corrected chi connectivity index (χ0v) is 17.8. The van der Waals surface area contributed by atoms with Crippen LogP contribution in [0.25, 0.3) is 11.1 Å². The van der Waals surface area contributed by atoms with E-state index in [1.807, 2.05) is 19.4 Å². The summed E-state index contributed by atoms with van der Waals surface area (Å²) in [5.74, 6) is 1.86. The fourth-order valence-electron chi connectivity index (χ4n) is 3.78. The molecule has 0 saturated carbocycles. The molecule has 3 heterocycles. The normalized spacial score (nSPS) is 17.4. The van der Waals surface area contributed by atoms with Gasteiger partial charge in [0, 0.05) is 31.4 Å². The number of carbonyl (C=O) groups excluding carboxylic acids is 1. The van der Waals surface area contributed by atoms with E-state index in [0.29, 0.717) is 18.8 Å². The molecule has 0 radical (unpaired) electrons. The predicted molar refractivity (Wildman–Crippen MR) is 115 cm³/mol. The Bertz CT molecular complexity index is 1030. The molecule has 0 spiro atoms. The van der Waals surface area contributed by atoms with Crippen LogP contribution < -0.4 is 4.90 Å². The summed E-state index contributed by atoms with van der Waals surface area (Å²) < 4.78 is 7.06. The maximum Gasteiger partial charge on any atom is 0.415 e. The summed E-state index contributed by atoms with van der Waals surface area (Å²) in [6, 6.07) is 10.3. The molecule has 1 saturated heterocycles. The third-order valence-corrected chi connectivity index (χ3v) is 5.62. The lowest BCUT2D eigenvalue weighted by molar-refractivity contribution is 0.177. The lowest BCUT2D eigenvalue weighted by Crippen LogP contribution is -2.37. The van der Waals surface area contributed by atoms with Gasteiger partial charge in [-0.05, 0) is 29.0 Å². The standard InChI is InChI=1S/C23H27N5O2/c1-15(2)20-14-30-23(29)28(20)22-9-10-24-21(26-22)11-16(3)17-5-7-18(8-6-17)19-12-25-27(4)13-19/h5-10,12-13,15-16,20H,11,14H2,1-4H3/t16-,20-/m1/s1. The third kappa shape index (κ3) is 4.06. The van der Waals surface area contributed by atoms with Crippen molar-refractivity contribution in [3.63, 3.8) is 0 Å². The number of amides is 1. The first-order valence-corrected chi connectivity index (χ1v) is 10.3. The smallest absolute Gasteiger partial charge is 0.415 e. The monoisotopic (exact) mass is 405 g/mol. The SMILES string of the molecule is CC(C)[C@H]1COC(=O)N1c1ccnc(C[C@@H](C)c2ccc(-c3cnn(C)c3)cc2)n1. The molecule has 1 aliphatic rings. The van der Waals surface area contributed by atoms with Gasteiger partial charge in [-0.3, -0.25) is 9.58 Å². The number of ether oxygens (including phenoxy) is 1. The number of rotatable bonds is 6. The van der Waals surface area contributed by atoms with Gasteiger partial charge in [0.15, 0.2) is 0 Å². The lowest BCUT2D eigenvalue weighted by atomic mass is 9.95. The number of aromatic nitrogens is 4. The van der Waals surface area contributed by atoms with E-state index in [9.17, 15) is 4.79 Å². The van der Waals surface area contributed by atoms with Crippen molar-refractivity contribution in [2.24, 2.45) is 13.0 Å². The summed E-state index contributed by atoms with van der Waals surface area (Å²) >= 11 is 0. The van der Waals surface area contributed by atoms with Gasteiger partial charge in [0.25, 0.3) is 0 Å². The number of aryl methyl sites for hydroxylation is 1. The van der Waals surface area contributed by atoms with Gasteiger partial charge in [-0.25, -0.2) is 14.8 Å². The van der Waals surface area contributed by atoms with Gasteiger partial charge in [0.2, 0.25) is 0 Å². The molecule has 30 heavy (non-hydrogen) atoms. The Labute approximate surface area is 176 Å². The Hall–Kier alpha value is -3.22. The second-order valence-corrected chi connectivity index (χ2v) is 8.22. The van der Waals surface area contributed by atoms with Gasteiger partial charge in [0.1, 0.15) is 18.2 Å². The number of anilines is 1. The summed E-state index contributed by atoms with van der Waals surface area (Å²) in [6.45, 7) is 6.73. The van der Waals surface area contributed by atoms with E-state index in [1.54, 1.807) is 21.8 Å². The molecule has 7 nitrogen and oxygen atoms in total. The molecule has 1 aromatic carbocycles. The second kappa shape index (κ2) is 8.26. The molecule has 2 aromatic heterocycles. The maximum absolute atomic E-state index is 12.2. The molecule has 0 unspecified atom stereocenters. The van der Waals surface area contributed by atoms with E-state index in [2.05, 4.69) is 60.1 Å². The highest BCUT2D eigenvalue weighted by Crippen LogP contribution is 2.27. The summed E-state index contributed by atoms with van der Waals surface area (Å²) in [5, 5.41) is 4.23. The molecule has 1 amide bonds. The van der Waals surface area contributed by atoms with Crippen LogP contribution in [0.4, 0.5) is 10.6 Å². The first-order chi connectivity index (χ1) is 14.4. The van der Waals surface area contributed by atoms with Gasteiger partial charge in [-0.15, -0.1) is 0 Å². The summed E-state index contributed by atoms with van der Waals surface area (Å²) in [6.07, 6.45) is 5.95. The molecular weight excluding hydrogens is 378 g/mol. The largest absolute Gasteiger partial charge is 0.447 e. The third-order valence-electron chi connectivity index (χ3n) is 5.62. The quantitative estimate of drug-likeness (QED) is 0.614. The van der Waals surface area contributed by atoms with E-state index in [1.165, 1.54) is 5.56 Å². The Morgan fingerprint density at radius 3 is 2.57 bits per heavy atom. The van der Waals surface area contributed by atoms with E-state index in [-0.39, 0.29) is 24.0 Å². The summed E-state index contributed by atoms with van der Waals surface area (Å²) in [7, 11) is 1.92. The zero-order chi connectivity index (χ0) is 21.3. The maximum atomic E-state index is 12.2. The van der Waals surface area contributed by atoms with Gasteiger partial charge in [-0.1, -0.05) is 45.0 Å². The average molecular weight is 406 g/mol. The number of cyclic esters (lactones) is 1. The molecule has 2 atom stereocenters. The minimum Gasteiger partial charge on any atom is -0.447 e. The van der Waals surface area contributed by atoms with Crippen molar-refractivity contribution in [1.29, 1.82) is 0 Å². The van der Waals surface area contributed by atoms with Crippen LogP contribution in [0, 0.1) is 5.92 Å². The number of hydrogen-bond acceptors (Lipinski definition) is 5. The van der Waals surface area contributed by atoms with Crippen molar-refractivity contribution in [3.8, 4) is 11.1 Å². The number of nitrogens with zero attached hydrogens (tertiary/aromatic N) is 5. The molecular formula is C23H27N5O2. The molecule has 156 valence electrons. The van der Waals surface area contributed by atoms with Crippen molar-refractivity contribution < 1.29 is 9.53 Å². The lowest BCUT2D eigenvalue weighted by Gasteiger charge is -2.23. The Morgan fingerprint density at radius 1 is 1.13 bits per heavy atom. The Balaban J connectivity index is 1.49. The molecule has 4 rings (SSSR count). The van der Waals surface area contributed by atoms with Crippen molar-refractivity contribution >= 4 is 11.9 Å². The van der Waals surface area contributed by atoms with Crippen LogP contribution in [-0.2, 0) is 18.2 Å². The fourth-order valence-corrected chi connectivity index (χ4v) is 3.78. The molecule has 0 N–H and O–H groups in total. The summed E-state index contributed by atoms with van der Waals surface area (Å²) in [4.78, 5) is 23.0. The van der Waals surface area contributed by atoms with Crippen LogP contribution in [0.15, 0.2) is 48.9 Å². The average Bonchev–Trinajstić information content (AvgIpc) is 3.34. The number of hydrogen-bond donors (Lipinski definition) is 0. The minimum absolute atomic E-state index is 0.00214. The Kier molecular flexibility index (Phi) is 5.53. The van der Waals surface area contributed by atoms with E-state index in [0.717, 1.165) is 17.0 Å². The molecule has 0 aliphatic carbocycles. The van der Waals surface area contributed by atoms with Crippen LogP contribution in [0.1, 0.15) is 38.1 Å². The van der Waals surface area contributed by atoms with Crippen molar-refractivity contribution in [2.75, 3.05) is 11.5 Å². The summed E-state index contributed by atoms with van der Waals surface area (Å²) in [5.41, 5.74) is 3.46. The molecule has 0 bridgehead atoms. The molecule has 1 aliphatic heterocycles. The molecule has 7 heteroatoms. The van der Waals surface area contributed by atoms with Gasteiger partial charge in [-0.2, -0.15) is 5.10 Å².